The van der Waals surface area contributed by atoms with Gasteiger partial charge in [0, 0.05) is 47.6 Å². The van der Waals surface area contributed by atoms with Crippen molar-refractivity contribution in [3.8, 4) is 0 Å². The van der Waals surface area contributed by atoms with Gasteiger partial charge in [0.15, 0.2) is 0 Å². The van der Waals surface area contributed by atoms with E-state index in [-0.39, 0.29) is 40.2 Å². The van der Waals surface area contributed by atoms with Gasteiger partial charge in [-0.15, -0.1) is 0 Å². The van der Waals surface area contributed by atoms with Gasteiger partial charge in [0.05, 0.1) is 6.61 Å². The summed E-state index contributed by atoms with van der Waals surface area (Å²) in [5.41, 5.74) is 0.787. The summed E-state index contributed by atoms with van der Waals surface area (Å²) in [4.78, 5) is 30.0. The fourth-order valence-electron chi connectivity index (χ4n) is 10.1. The van der Waals surface area contributed by atoms with Crippen LogP contribution >= 0.6 is 0 Å². The number of carbonyl (C=O) groups excluding carboxylic acids is 2. The summed E-state index contributed by atoms with van der Waals surface area (Å²) in [6.45, 7) is 8.35. The molecule has 6 bridgehead atoms. The Morgan fingerprint density at radius 1 is 1.19 bits per heavy atom. The van der Waals surface area contributed by atoms with Crippen molar-refractivity contribution in [1.82, 2.24) is 4.90 Å². The lowest BCUT2D eigenvalue weighted by Gasteiger charge is -2.66. The van der Waals surface area contributed by atoms with Crippen molar-refractivity contribution in [3.05, 3.63) is 12.2 Å². The highest BCUT2D eigenvalue weighted by Crippen LogP contribution is 2.82. The molecule has 0 unspecified atom stereocenters. The van der Waals surface area contributed by atoms with Gasteiger partial charge >= 0.3 is 0 Å². The molecule has 2 saturated heterocycles. The van der Waals surface area contributed by atoms with Gasteiger partial charge in [-0.25, -0.2) is 0 Å². The Morgan fingerprint density at radius 2 is 2.04 bits per heavy atom. The predicted molar refractivity (Wildman–Crippen MR) is 94.0 cm³/mol. The maximum atomic E-state index is 13.7. The molecule has 2 heterocycles. The number of allylic oxidation sites excluding steroid dienone is 1. The topological polar surface area (TPSA) is 46.6 Å². The molecule has 8 fully saturated rings. The molecule has 9 atom stereocenters. The molecule has 8 rings (SSSR count). The monoisotopic (exact) mass is 353 g/mol. The molecule has 138 valence electrons. The van der Waals surface area contributed by atoms with Crippen LogP contribution < -0.4 is 0 Å². The first kappa shape index (κ1) is 15.0. The van der Waals surface area contributed by atoms with Crippen LogP contribution in [0.5, 0.6) is 0 Å². The maximum Gasteiger partial charge on any atom is 0.144 e. The molecule has 0 aromatic rings. The summed E-state index contributed by atoms with van der Waals surface area (Å²) in [5.74, 6) is 1.60. The first-order valence-electron chi connectivity index (χ1n) is 10.6. The Labute approximate surface area is 154 Å². The van der Waals surface area contributed by atoms with Gasteiger partial charge in [-0.1, -0.05) is 25.5 Å². The number of rotatable bonds is 0. The van der Waals surface area contributed by atoms with Crippen molar-refractivity contribution in [2.24, 2.45) is 39.9 Å². The number of ketones is 2. The molecule has 6 aliphatic carbocycles. The smallest absolute Gasteiger partial charge is 0.144 e. The molecule has 2 aliphatic heterocycles. The largest absolute Gasteiger partial charge is 0.361 e. The zero-order valence-electron chi connectivity index (χ0n) is 15.5. The number of Topliss-reactive ketones (excluding diaryl/α,β-unsaturated/α-hetero) is 2. The number of nitrogens with zero attached hydrogens (tertiary/aromatic N) is 1. The van der Waals surface area contributed by atoms with Crippen LogP contribution in [-0.4, -0.2) is 41.9 Å². The van der Waals surface area contributed by atoms with E-state index in [1.54, 1.807) is 0 Å². The van der Waals surface area contributed by atoms with Crippen LogP contribution in [0.2, 0.25) is 0 Å². The summed E-state index contributed by atoms with van der Waals surface area (Å²) in [5, 5.41) is 0. The van der Waals surface area contributed by atoms with E-state index < -0.39 is 0 Å². The van der Waals surface area contributed by atoms with E-state index in [1.165, 1.54) is 0 Å². The second-order valence-corrected chi connectivity index (χ2v) is 10.8. The SMILES string of the molecule is C=C1C[C@@]23CC(=O)[C@@H]4[C@@]5(C)CCC[C@@]46[C@@H]2C(=O)[C@@H]1C[C@@H]3[C@H]6N1CCO[C@H]15. The van der Waals surface area contributed by atoms with E-state index >= 15 is 0 Å². The van der Waals surface area contributed by atoms with Gasteiger partial charge in [0.25, 0.3) is 0 Å². The molecule has 0 N–H and O–H groups in total. The van der Waals surface area contributed by atoms with Gasteiger partial charge in [-0.05, 0) is 37.0 Å². The van der Waals surface area contributed by atoms with Crippen LogP contribution in [0.1, 0.15) is 45.4 Å². The fourth-order valence-corrected chi connectivity index (χ4v) is 10.1. The standard InChI is InChI=1S/C22H27NO3/c1-11-9-21-10-14(24)16-20(2)4-3-5-22(16)17(21)15(25)12(11)8-13(21)18(22)23-6-7-26-19(20)23/h12-13,16-19H,1,3-10H2,2H3/t12-,13-,16-,17-,18-,19+,20-,21+,22+/m1/s1. The molecule has 2 spiro atoms. The summed E-state index contributed by atoms with van der Waals surface area (Å²) in [6, 6.07) is 0.381. The number of hydrogen-bond acceptors (Lipinski definition) is 4. The van der Waals surface area contributed by atoms with Crippen LogP contribution in [-0.2, 0) is 14.3 Å². The van der Waals surface area contributed by atoms with Crippen molar-refractivity contribution in [2.45, 2.75) is 57.7 Å². The Hall–Kier alpha value is -1.00. The Kier molecular flexibility index (Phi) is 2.33. The first-order valence-corrected chi connectivity index (χ1v) is 10.6. The third kappa shape index (κ3) is 1.18. The van der Waals surface area contributed by atoms with Gasteiger partial charge in [-0.3, -0.25) is 14.5 Å². The number of piperidine rings is 1. The van der Waals surface area contributed by atoms with Gasteiger partial charge < -0.3 is 4.74 Å². The summed E-state index contributed by atoms with van der Waals surface area (Å²) in [6.07, 6.45) is 5.85. The minimum absolute atomic E-state index is 0.0327. The van der Waals surface area contributed by atoms with Crippen molar-refractivity contribution in [3.63, 3.8) is 0 Å². The zero-order valence-corrected chi connectivity index (χ0v) is 15.5. The number of carbonyl (C=O) groups is 2. The van der Waals surface area contributed by atoms with Gasteiger partial charge in [-0.2, -0.15) is 0 Å². The minimum Gasteiger partial charge on any atom is -0.361 e. The average molecular weight is 353 g/mol. The maximum absolute atomic E-state index is 13.7. The molecule has 0 aromatic carbocycles. The predicted octanol–water partition coefficient (Wildman–Crippen LogP) is 2.57. The Balaban J connectivity index is 1.56. The Morgan fingerprint density at radius 3 is 2.88 bits per heavy atom. The normalized spacial score (nSPS) is 62.0. The number of fused-ring (bicyclic) bond motifs is 4. The van der Waals surface area contributed by atoms with E-state index in [9.17, 15) is 9.59 Å². The van der Waals surface area contributed by atoms with Crippen molar-refractivity contribution in [1.29, 1.82) is 0 Å². The number of ether oxygens (including phenoxy) is 1. The molecule has 4 heteroatoms. The lowest BCUT2D eigenvalue weighted by Crippen LogP contribution is -2.72. The first-order chi connectivity index (χ1) is 12.4. The van der Waals surface area contributed by atoms with Crippen molar-refractivity contribution in [2.75, 3.05) is 13.2 Å². The van der Waals surface area contributed by atoms with E-state index in [4.69, 9.17) is 4.74 Å². The van der Waals surface area contributed by atoms with Gasteiger partial charge in [0.1, 0.15) is 17.8 Å². The summed E-state index contributed by atoms with van der Waals surface area (Å²) < 4.78 is 6.29. The molecular formula is C22H27NO3. The van der Waals surface area contributed by atoms with Gasteiger partial charge in [0.2, 0.25) is 0 Å². The Bertz CT molecular complexity index is 805. The van der Waals surface area contributed by atoms with Crippen molar-refractivity contribution >= 4 is 11.6 Å². The van der Waals surface area contributed by atoms with Crippen molar-refractivity contribution < 1.29 is 14.3 Å². The second-order valence-electron chi connectivity index (χ2n) is 10.8. The quantitative estimate of drug-likeness (QED) is 0.628. The van der Waals surface area contributed by atoms with Crippen LogP contribution in [0.4, 0.5) is 0 Å². The zero-order chi connectivity index (χ0) is 17.6. The van der Waals surface area contributed by atoms with E-state index in [0.29, 0.717) is 29.9 Å². The third-order valence-electron chi connectivity index (χ3n) is 10.1. The molecule has 8 aliphatic rings. The summed E-state index contributed by atoms with van der Waals surface area (Å²) >= 11 is 0. The molecule has 26 heavy (non-hydrogen) atoms. The third-order valence-corrected chi connectivity index (χ3v) is 10.1. The lowest BCUT2D eigenvalue weighted by atomic mass is 9.39. The molecule has 6 saturated carbocycles. The van der Waals surface area contributed by atoms with Crippen LogP contribution in [0, 0.1) is 39.9 Å². The number of hydrogen-bond donors (Lipinski definition) is 0. The highest BCUT2D eigenvalue weighted by atomic mass is 16.5. The van der Waals surface area contributed by atoms with E-state index in [0.717, 1.165) is 50.8 Å². The lowest BCUT2D eigenvalue weighted by molar-refractivity contribution is -0.231. The van der Waals surface area contributed by atoms with E-state index in [2.05, 4.69) is 18.4 Å². The molecule has 0 radical (unpaired) electrons. The molecule has 0 aromatic heterocycles. The summed E-state index contributed by atoms with van der Waals surface area (Å²) in [7, 11) is 0. The van der Waals surface area contributed by atoms with E-state index in [1.807, 2.05) is 0 Å². The second kappa shape index (κ2) is 4.05. The molecule has 0 amide bonds. The molecular weight excluding hydrogens is 326 g/mol. The molecule has 4 nitrogen and oxygen atoms in total. The minimum atomic E-state index is -0.114. The highest BCUT2D eigenvalue weighted by Gasteiger charge is 2.85. The average Bonchev–Trinajstić information content (AvgIpc) is 3.07. The highest BCUT2D eigenvalue weighted by molar-refractivity contribution is 5.97. The van der Waals surface area contributed by atoms with Crippen LogP contribution in [0.15, 0.2) is 12.2 Å². The fraction of sp³-hybridized carbons (Fsp3) is 0.818. The van der Waals surface area contributed by atoms with Crippen LogP contribution in [0.3, 0.4) is 0 Å². The van der Waals surface area contributed by atoms with Crippen LogP contribution in [0.25, 0.3) is 0 Å².